The number of esters is 1. The van der Waals surface area contributed by atoms with Gasteiger partial charge in [0.05, 0.1) is 30.6 Å². The van der Waals surface area contributed by atoms with Gasteiger partial charge in [-0.15, -0.1) is 11.8 Å². The lowest BCUT2D eigenvalue weighted by Crippen LogP contribution is -2.63. The molecule has 67 heavy (non-hydrogen) atoms. The van der Waals surface area contributed by atoms with Crippen molar-refractivity contribution >= 4 is 70.6 Å². The minimum absolute atomic E-state index is 0.00861. The van der Waals surface area contributed by atoms with E-state index in [9.17, 15) is 43.8 Å². The summed E-state index contributed by atoms with van der Waals surface area (Å²) in [6, 6.07) is 2.31. The summed E-state index contributed by atoms with van der Waals surface area (Å²) in [5.74, 6) is -3.34. The van der Waals surface area contributed by atoms with E-state index >= 15 is 0 Å². The highest BCUT2D eigenvalue weighted by Crippen LogP contribution is 2.39. The van der Waals surface area contributed by atoms with Crippen LogP contribution in [0.1, 0.15) is 92.6 Å². The number of carbonyl (C=O) groups excluding carboxylic acids is 7. The fraction of sp³-hybridized carbons (Fsp3) is 0.638. The van der Waals surface area contributed by atoms with Crippen LogP contribution in [-0.4, -0.2) is 149 Å². The Morgan fingerprint density at radius 3 is 2.42 bits per heavy atom. The molecule has 372 valence electrons. The zero-order valence-corrected chi connectivity index (χ0v) is 42.0. The van der Waals surface area contributed by atoms with Crippen LogP contribution >= 0.6 is 23.4 Å². The van der Waals surface area contributed by atoms with Crippen molar-refractivity contribution in [2.45, 2.75) is 134 Å². The molecule has 4 N–H and O–H groups in total. The van der Waals surface area contributed by atoms with E-state index in [2.05, 4.69) is 10.6 Å². The number of allylic oxidation sites excluding steroid dienone is 3. The molecule has 0 spiro atoms. The van der Waals surface area contributed by atoms with Crippen molar-refractivity contribution in [1.29, 1.82) is 0 Å². The summed E-state index contributed by atoms with van der Waals surface area (Å²) in [6.07, 6.45) is 0.800. The maximum atomic E-state index is 14.3. The van der Waals surface area contributed by atoms with Gasteiger partial charge in [0, 0.05) is 64.2 Å². The Morgan fingerprint density at radius 2 is 1.79 bits per heavy atom. The van der Waals surface area contributed by atoms with Crippen LogP contribution in [0.3, 0.4) is 0 Å². The number of hydrogen-bond donors (Lipinski definition) is 4. The fourth-order valence-electron chi connectivity index (χ4n) is 8.22. The molecule has 4 rings (SSSR count). The van der Waals surface area contributed by atoms with E-state index in [0.717, 1.165) is 16.0 Å². The van der Waals surface area contributed by atoms with Gasteiger partial charge in [-0.2, -0.15) is 0 Å². The monoisotopic (exact) mass is 977 g/mol. The van der Waals surface area contributed by atoms with Gasteiger partial charge >= 0.3 is 12.1 Å². The quantitative estimate of drug-likeness (QED) is 0.151. The molecular weight excluding hydrogens is 910 g/mol. The molecule has 0 saturated carbocycles. The second-order valence-electron chi connectivity index (χ2n) is 18.7. The van der Waals surface area contributed by atoms with Crippen LogP contribution in [0, 0.1) is 11.8 Å². The van der Waals surface area contributed by atoms with Crippen LogP contribution in [-0.2, 0) is 49.4 Å². The second-order valence-corrected chi connectivity index (χ2v) is 20.8. The maximum absolute atomic E-state index is 14.3. The third kappa shape index (κ3) is 14.4. The Kier molecular flexibility index (Phi) is 18.9. The van der Waals surface area contributed by atoms with Gasteiger partial charge in [0.1, 0.15) is 35.1 Å². The van der Waals surface area contributed by atoms with E-state index < -0.39 is 76.6 Å². The number of imide groups is 1. The van der Waals surface area contributed by atoms with Crippen LogP contribution in [0.4, 0.5) is 10.5 Å². The Hall–Kier alpha value is -4.69. The molecule has 0 aromatic heterocycles. The number of nitrogens with one attached hydrogen (secondary N) is 2. The maximum Gasteiger partial charge on any atom is 0.409 e. The number of rotatable bonds is 14. The van der Waals surface area contributed by atoms with Crippen molar-refractivity contribution in [3.05, 3.63) is 46.5 Å². The van der Waals surface area contributed by atoms with Crippen molar-refractivity contribution in [3.63, 3.8) is 0 Å². The lowest BCUT2D eigenvalue weighted by atomic mass is 9.81. The highest BCUT2D eigenvalue weighted by molar-refractivity contribution is 8.01. The molecule has 2 fully saturated rings. The number of aliphatic hydroxyl groups is 2. The highest BCUT2D eigenvalue weighted by Gasteiger charge is 2.49. The van der Waals surface area contributed by atoms with E-state index in [0.29, 0.717) is 24.3 Å². The molecule has 1 aromatic rings. The minimum atomic E-state index is -1.95. The van der Waals surface area contributed by atoms with E-state index in [-0.39, 0.29) is 73.2 Å². The summed E-state index contributed by atoms with van der Waals surface area (Å²) >= 11 is 8.10. The Bertz CT molecular complexity index is 2100. The molecule has 0 aliphatic carbocycles. The molecule has 1 aromatic carbocycles. The molecule has 8 atom stereocenters. The number of halogens is 1. The number of hydrogen-bond acceptors (Lipinski definition) is 14. The third-order valence-electron chi connectivity index (χ3n) is 12.7. The smallest absolute Gasteiger partial charge is 0.409 e. The molecular formula is C47H68ClN5O13S. The number of nitrogens with zero attached hydrogens (tertiary/aromatic N) is 3. The van der Waals surface area contributed by atoms with Gasteiger partial charge in [-0.1, -0.05) is 63.1 Å². The first-order valence-electron chi connectivity index (χ1n) is 22.4. The van der Waals surface area contributed by atoms with Gasteiger partial charge in [-0.3, -0.25) is 34.2 Å². The number of likely N-dealkylation sites (N-methyl/N-ethyl adjacent to an activating group) is 1. The topological polar surface area (TPSA) is 231 Å². The second kappa shape index (κ2) is 23.1. The summed E-state index contributed by atoms with van der Waals surface area (Å²) in [5.41, 5.74) is -1.94. The average molecular weight is 979 g/mol. The molecule has 6 amide bonds. The van der Waals surface area contributed by atoms with Crippen molar-refractivity contribution < 1.29 is 62.7 Å². The van der Waals surface area contributed by atoms with Crippen molar-refractivity contribution in [2.24, 2.45) is 11.8 Å². The SMILES string of the molecule is COc1cc2cc(c1Cl)N(C)C(=O)C[C@H](OC(=O)[C@H](C)N(C)C(=O)CCC(C)(C)SCC(=O)NCCN1C(=O)CC(C)C1=O)[C@](C)(O)C[C@H](C)[C@@H]1C[C@@](O)(NC(=O)O1)[C@H](OC)/C=C/C=C(\C)C2. The third-order valence-corrected chi connectivity index (χ3v) is 14.4. The van der Waals surface area contributed by atoms with Gasteiger partial charge < -0.3 is 44.3 Å². The van der Waals surface area contributed by atoms with Gasteiger partial charge in [0.2, 0.25) is 29.5 Å². The normalized spacial score (nSPS) is 28.1. The first kappa shape index (κ1) is 54.9. The van der Waals surface area contributed by atoms with Crippen molar-refractivity contribution in [1.82, 2.24) is 20.4 Å². The number of alkyl carbamates (subject to hydrolysis) is 1. The standard InChI is InChI=1S/C47H68ClN5O13S/c1-27-13-12-14-35(64-11)47(62)25-34(65-44(60)50-47)29(3)24-46(7,61)36(23-39(56)52(9)32-21-31(19-27)22-33(63-10)41(32)48)66-43(59)30(4)51(8)38(55)15-16-45(5,6)67-26-37(54)49-17-18-53-40(57)20-28(2)42(53)58/h12-14,21-22,28-30,34-36,61-62H,15-20,23-26H2,1-11H3,(H,49,54)(H,50,60)/b14-12+,27-13+/t28?,29-,30-,34-,35+,36-,46+,47-/m0/s1. The summed E-state index contributed by atoms with van der Waals surface area (Å²) in [5, 5.41) is 29.4. The highest BCUT2D eigenvalue weighted by atomic mass is 35.5. The Balaban J connectivity index is 1.52. The van der Waals surface area contributed by atoms with Crippen molar-refractivity contribution in [2.75, 3.05) is 52.1 Å². The van der Waals surface area contributed by atoms with Crippen LogP contribution < -0.4 is 20.3 Å². The first-order valence-corrected chi connectivity index (χ1v) is 23.7. The Labute approximate surface area is 402 Å². The summed E-state index contributed by atoms with van der Waals surface area (Å²) in [7, 11) is 5.79. The summed E-state index contributed by atoms with van der Waals surface area (Å²) < 4.78 is 22.3. The molecule has 2 saturated heterocycles. The number of anilines is 1. The average Bonchev–Trinajstić information content (AvgIpc) is 3.50. The van der Waals surface area contributed by atoms with Crippen LogP contribution in [0.5, 0.6) is 5.75 Å². The van der Waals surface area contributed by atoms with Crippen LogP contribution in [0.2, 0.25) is 5.02 Å². The van der Waals surface area contributed by atoms with Gasteiger partial charge in [-0.25, -0.2) is 9.59 Å². The van der Waals surface area contributed by atoms with Gasteiger partial charge in [0.25, 0.3) is 0 Å². The molecule has 18 nitrogen and oxygen atoms in total. The lowest BCUT2D eigenvalue weighted by molar-refractivity contribution is -0.176. The number of amides is 6. The summed E-state index contributed by atoms with van der Waals surface area (Å²) in [6.45, 7) is 12.1. The number of likely N-dealkylation sites (tertiary alicyclic amines) is 1. The number of ether oxygens (including phenoxy) is 4. The van der Waals surface area contributed by atoms with Gasteiger partial charge in [-0.05, 0) is 63.6 Å². The van der Waals surface area contributed by atoms with E-state index in [1.165, 1.54) is 63.7 Å². The number of carbonyl (C=O) groups is 7. The largest absolute Gasteiger partial charge is 0.495 e. The lowest BCUT2D eigenvalue weighted by Gasteiger charge is -2.43. The zero-order valence-electron chi connectivity index (χ0n) is 40.4. The zero-order chi connectivity index (χ0) is 50.2. The molecule has 4 bridgehead atoms. The van der Waals surface area contributed by atoms with E-state index in [4.69, 9.17) is 30.5 Å². The van der Waals surface area contributed by atoms with Crippen LogP contribution in [0.15, 0.2) is 35.9 Å². The number of benzene rings is 1. The fourth-order valence-corrected chi connectivity index (χ4v) is 9.40. The first-order chi connectivity index (χ1) is 31.2. The molecule has 1 unspecified atom stereocenters. The Morgan fingerprint density at radius 1 is 1.10 bits per heavy atom. The number of thioether (sulfide) groups is 1. The predicted octanol–water partition coefficient (Wildman–Crippen LogP) is 4.30. The van der Waals surface area contributed by atoms with E-state index in [1.807, 2.05) is 26.8 Å². The van der Waals surface area contributed by atoms with Crippen molar-refractivity contribution in [3.8, 4) is 5.75 Å². The van der Waals surface area contributed by atoms with Gasteiger partial charge in [0.15, 0.2) is 5.72 Å². The number of fused-ring (bicyclic) bond motifs is 4. The molecule has 3 heterocycles. The number of methoxy groups -OCH3 is 2. The minimum Gasteiger partial charge on any atom is -0.495 e. The molecule has 3 aliphatic heterocycles. The van der Waals surface area contributed by atoms with Crippen LogP contribution in [0.25, 0.3) is 0 Å². The molecule has 20 heteroatoms. The predicted molar refractivity (Wildman–Crippen MR) is 252 cm³/mol. The molecule has 3 aliphatic rings. The van der Waals surface area contributed by atoms with E-state index in [1.54, 1.807) is 38.1 Å². The molecule has 0 radical (unpaired) electrons. The summed E-state index contributed by atoms with van der Waals surface area (Å²) in [4.78, 5) is 95.2.